The summed E-state index contributed by atoms with van der Waals surface area (Å²) in [6.07, 6.45) is 5.17. The summed E-state index contributed by atoms with van der Waals surface area (Å²) in [5.41, 5.74) is 0. The number of carbonyl (C=O) groups is 1. The van der Waals surface area contributed by atoms with Crippen LogP contribution in [0, 0.1) is 17.2 Å². The second kappa shape index (κ2) is 7.35. The standard InChI is InChI=1S/C10H15NO2/c1-3-4-5-6-7-9(8-11)10(12)13-2/h3,9H,1,4-7H2,2H3. The van der Waals surface area contributed by atoms with Crippen molar-refractivity contribution in [1.82, 2.24) is 0 Å². The van der Waals surface area contributed by atoms with Crippen LogP contribution in [0.3, 0.4) is 0 Å². The van der Waals surface area contributed by atoms with Crippen LogP contribution in [0.2, 0.25) is 0 Å². The van der Waals surface area contributed by atoms with Gasteiger partial charge in [-0.25, -0.2) is 0 Å². The molecule has 0 heterocycles. The lowest BCUT2D eigenvalue weighted by molar-refractivity contribution is -0.143. The Bertz CT molecular complexity index is 205. The van der Waals surface area contributed by atoms with Gasteiger partial charge in [0.05, 0.1) is 13.2 Å². The van der Waals surface area contributed by atoms with Crippen LogP contribution in [0.15, 0.2) is 12.7 Å². The van der Waals surface area contributed by atoms with Gasteiger partial charge >= 0.3 is 5.97 Å². The van der Waals surface area contributed by atoms with Crippen LogP contribution < -0.4 is 0 Å². The molecule has 72 valence electrons. The molecule has 13 heavy (non-hydrogen) atoms. The van der Waals surface area contributed by atoms with Gasteiger partial charge in [-0.2, -0.15) is 5.26 Å². The molecule has 0 rings (SSSR count). The molecule has 3 nitrogen and oxygen atoms in total. The van der Waals surface area contributed by atoms with Gasteiger partial charge in [-0.05, 0) is 19.3 Å². The van der Waals surface area contributed by atoms with Gasteiger partial charge in [0.25, 0.3) is 0 Å². The Hall–Kier alpha value is -1.30. The maximum Gasteiger partial charge on any atom is 0.323 e. The first kappa shape index (κ1) is 11.7. The van der Waals surface area contributed by atoms with Gasteiger partial charge < -0.3 is 4.74 Å². The maximum atomic E-state index is 10.9. The predicted molar refractivity (Wildman–Crippen MR) is 49.8 cm³/mol. The predicted octanol–water partition coefficient (Wildman–Crippen LogP) is 2.05. The summed E-state index contributed by atoms with van der Waals surface area (Å²) in [5, 5.41) is 8.61. The Kier molecular flexibility index (Phi) is 6.62. The van der Waals surface area contributed by atoms with Crippen LogP contribution in [0.5, 0.6) is 0 Å². The monoisotopic (exact) mass is 181 g/mol. The molecule has 1 atom stereocenters. The molecular formula is C10H15NO2. The van der Waals surface area contributed by atoms with Crippen LogP contribution in [0.4, 0.5) is 0 Å². The third-order valence-electron chi connectivity index (χ3n) is 1.79. The highest BCUT2D eigenvalue weighted by Crippen LogP contribution is 2.10. The highest BCUT2D eigenvalue weighted by molar-refractivity contribution is 5.74. The number of ether oxygens (including phenoxy) is 1. The second-order valence-electron chi connectivity index (χ2n) is 2.78. The Morgan fingerprint density at radius 3 is 2.85 bits per heavy atom. The summed E-state index contributed by atoms with van der Waals surface area (Å²) in [7, 11) is 1.30. The summed E-state index contributed by atoms with van der Waals surface area (Å²) in [6, 6.07) is 1.93. The second-order valence-corrected chi connectivity index (χ2v) is 2.78. The lowest BCUT2D eigenvalue weighted by atomic mass is 10.0. The van der Waals surface area contributed by atoms with E-state index >= 15 is 0 Å². The van der Waals surface area contributed by atoms with Crippen molar-refractivity contribution < 1.29 is 9.53 Å². The third kappa shape index (κ3) is 5.02. The number of unbranched alkanes of at least 4 members (excludes halogenated alkanes) is 2. The van der Waals surface area contributed by atoms with E-state index in [9.17, 15) is 4.79 Å². The zero-order valence-corrected chi connectivity index (χ0v) is 7.95. The fraction of sp³-hybridized carbons (Fsp3) is 0.600. The molecule has 0 aromatic heterocycles. The van der Waals surface area contributed by atoms with Crippen LogP contribution in [0.1, 0.15) is 25.7 Å². The number of nitriles is 1. The molecule has 0 saturated carbocycles. The van der Waals surface area contributed by atoms with E-state index in [1.54, 1.807) is 0 Å². The molecule has 0 N–H and O–H groups in total. The molecule has 0 aliphatic carbocycles. The van der Waals surface area contributed by atoms with Crippen molar-refractivity contribution in [3.63, 3.8) is 0 Å². The fourth-order valence-electron chi connectivity index (χ4n) is 1.01. The van der Waals surface area contributed by atoms with E-state index < -0.39 is 11.9 Å². The van der Waals surface area contributed by atoms with E-state index in [1.807, 2.05) is 12.1 Å². The minimum Gasteiger partial charge on any atom is -0.468 e. The van der Waals surface area contributed by atoms with Gasteiger partial charge in [-0.1, -0.05) is 12.5 Å². The lowest BCUT2D eigenvalue weighted by Crippen LogP contribution is -2.14. The summed E-state index contributed by atoms with van der Waals surface area (Å²) >= 11 is 0. The van der Waals surface area contributed by atoms with Crippen molar-refractivity contribution in [2.24, 2.45) is 5.92 Å². The van der Waals surface area contributed by atoms with Crippen LogP contribution in [-0.4, -0.2) is 13.1 Å². The van der Waals surface area contributed by atoms with Crippen molar-refractivity contribution in [2.75, 3.05) is 7.11 Å². The SMILES string of the molecule is C=CCCCCC(C#N)C(=O)OC. The number of carbonyl (C=O) groups excluding carboxylic acids is 1. The Morgan fingerprint density at radius 2 is 2.38 bits per heavy atom. The number of hydrogen-bond donors (Lipinski definition) is 0. The topological polar surface area (TPSA) is 50.1 Å². The minimum atomic E-state index is -0.602. The molecule has 0 amide bonds. The van der Waals surface area contributed by atoms with Gasteiger partial charge in [-0.15, -0.1) is 6.58 Å². The number of rotatable bonds is 6. The van der Waals surface area contributed by atoms with Gasteiger partial charge in [0.1, 0.15) is 5.92 Å². The minimum absolute atomic E-state index is 0.430. The van der Waals surface area contributed by atoms with E-state index in [1.165, 1.54) is 7.11 Å². The molecule has 3 heteroatoms. The molecule has 0 radical (unpaired) electrons. The van der Waals surface area contributed by atoms with Gasteiger partial charge in [0.2, 0.25) is 0 Å². The highest BCUT2D eigenvalue weighted by Gasteiger charge is 2.16. The zero-order valence-electron chi connectivity index (χ0n) is 7.95. The van der Waals surface area contributed by atoms with Crippen molar-refractivity contribution in [1.29, 1.82) is 5.26 Å². The molecule has 0 spiro atoms. The van der Waals surface area contributed by atoms with Crippen LogP contribution in [-0.2, 0) is 9.53 Å². The van der Waals surface area contributed by atoms with Crippen molar-refractivity contribution in [2.45, 2.75) is 25.7 Å². The van der Waals surface area contributed by atoms with Crippen molar-refractivity contribution in [3.05, 3.63) is 12.7 Å². The van der Waals surface area contributed by atoms with E-state index in [-0.39, 0.29) is 0 Å². The number of methoxy groups -OCH3 is 1. The van der Waals surface area contributed by atoms with Crippen LogP contribution >= 0.6 is 0 Å². The van der Waals surface area contributed by atoms with E-state index in [4.69, 9.17) is 5.26 Å². The maximum absolute atomic E-state index is 10.9. The Morgan fingerprint density at radius 1 is 1.69 bits per heavy atom. The fourth-order valence-corrected chi connectivity index (χ4v) is 1.01. The van der Waals surface area contributed by atoms with Crippen LogP contribution in [0.25, 0.3) is 0 Å². The normalized spacial score (nSPS) is 11.4. The summed E-state index contributed by atoms with van der Waals surface area (Å²) in [4.78, 5) is 10.9. The molecule has 0 fully saturated rings. The molecule has 0 aromatic rings. The summed E-state index contributed by atoms with van der Waals surface area (Å²) in [6.45, 7) is 3.59. The number of hydrogen-bond acceptors (Lipinski definition) is 3. The lowest BCUT2D eigenvalue weighted by Gasteiger charge is -2.04. The zero-order chi connectivity index (χ0) is 10.1. The number of esters is 1. The largest absolute Gasteiger partial charge is 0.468 e. The first-order valence-corrected chi connectivity index (χ1v) is 4.34. The Balaban J connectivity index is 3.67. The first-order valence-electron chi connectivity index (χ1n) is 4.34. The van der Waals surface area contributed by atoms with E-state index in [0.717, 1.165) is 19.3 Å². The third-order valence-corrected chi connectivity index (χ3v) is 1.79. The molecule has 0 bridgehead atoms. The average Bonchev–Trinajstić information content (AvgIpc) is 2.17. The average molecular weight is 181 g/mol. The van der Waals surface area contributed by atoms with E-state index in [0.29, 0.717) is 6.42 Å². The molecule has 0 aliphatic heterocycles. The summed E-state index contributed by atoms with van der Waals surface area (Å²) in [5.74, 6) is -1.03. The molecule has 0 saturated heterocycles. The molecule has 0 aliphatic rings. The molecule has 1 unspecified atom stereocenters. The molecule has 0 aromatic carbocycles. The van der Waals surface area contributed by atoms with Gasteiger partial charge in [-0.3, -0.25) is 4.79 Å². The van der Waals surface area contributed by atoms with Gasteiger partial charge in [0.15, 0.2) is 0 Å². The quantitative estimate of drug-likeness (QED) is 0.358. The van der Waals surface area contributed by atoms with Crippen molar-refractivity contribution >= 4 is 5.97 Å². The van der Waals surface area contributed by atoms with Crippen molar-refractivity contribution in [3.8, 4) is 6.07 Å². The highest BCUT2D eigenvalue weighted by atomic mass is 16.5. The number of allylic oxidation sites excluding steroid dienone is 1. The molecular weight excluding hydrogens is 166 g/mol. The first-order chi connectivity index (χ1) is 6.26. The smallest absolute Gasteiger partial charge is 0.323 e. The summed E-state index contributed by atoms with van der Waals surface area (Å²) < 4.78 is 4.48. The van der Waals surface area contributed by atoms with Gasteiger partial charge in [0, 0.05) is 0 Å². The van der Waals surface area contributed by atoms with E-state index in [2.05, 4.69) is 11.3 Å². The Labute approximate surface area is 79.0 Å². The number of nitrogens with zero attached hydrogens (tertiary/aromatic N) is 1.